The predicted octanol–water partition coefficient (Wildman–Crippen LogP) is 3.67. The van der Waals surface area contributed by atoms with Crippen LogP contribution in [-0.4, -0.2) is 31.2 Å². The van der Waals surface area contributed by atoms with Gasteiger partial charge >= 0.3 is 0 Å². The van der Waals surface area contributed by atoms with Crippen LogP contribution in [0.2, 0.25) is 0 Å². The average molecular weight is 349 g/mol. The Kier molecular flexibility index (Phi) is 5.78. The second-order valence-electron chi connectivity index (χ2n) is 6.85. The number of hydrogen-bond donors (Lipinski definition) is 0. The molecule has 1 aromatic carbocycles. The Hall–Kier alpha value is -2.53. The van der Waals surface area contributed by atoms with Gasteiger partial charge in [0, 0.05) is 36.7 Å². The van der Waals surface area contributed by atoms with Crippen LogP contribution in [0.15, 0.2) is 42.7 Å². The van der Waals surface area contributed by atoms with E-state index in [1.807, 2.05) is 26.2 Å². The molecule has 0 aliphatic rings. The summed E-state index contributed by atoms with van der Waals surface area (Å²) < 4.78 is 2.07. The van der Waals surface area contributed by atoms with Gasteiger partial charge in [0.25, 0.3) is 0 Å². The van der Waals surface area contributed by atoms with Crippen LogP contribution in [0.4, 0.5) is 0 Å². The van der Waals surface area contributed by atoms with Crippen molar-refractivity contribution in [3.8, 4) is 0 Å². The molecule has 0 bridgehead atoms. The van der Waals surface area contributed by atoms with E-state index in [0.717, 1.165) is 43.3 Å². The zero-order valence-electron chi connectivity index (χ0n) is 16.1. The van der Waals surface area contributed by atoms with Gasteiger partial charge in [0.05, 0.1) is 12.2 Å². The maximum Gasteiger partial charge on any atom is 0.125 e. The van der Waals surface area contributed by atoms with E-state index < -0.39 is 0 Å². The molecule has 0 spiro atoms. The molecule has 0 amide bonds. The van der Waals surface area contributed by atoms with Crippen LogP contribution in [0.1, 0.15) is 40.8 Å². The van der Waals surface area contributed by atoms with Crippen LogP contribution < -0.4 is 0 Å². The van der Waals surface area contributed by atoms with Gasteiger partial charge < -0.3 is 0 Å². The van der Waals surface area contributed by atoms with Gasteiger partial charge in [-0.15, -0.1) is 0 Å². The summed E-state index contributed by atoms with van der Waals surface area (Å²) in [5, 5.41) is 4.57. The maximum atomic E-state index is 4.57. The second-order valence-corrected chi connectivity index (χ2v) is 6.85. The van der Waals surface area contributed by atoms with Crippen LogP contribution in [0.3, 0.4) is 0 Å². The number of benzene rings is 1. The molecule has 136 valence electrons. The van der Waals surface area contributed by atoms with E-state index in [1.165, 1.54) is 16.8 Å². The first-order valence-electron chi connectivity index (χ1n) is 9.12. The number of nitrogens with zero attached hydrogens (tertiary/aromatic N) is 5. The third-order valence-electron chi connectivity index (χ3n) is 4.52. The van der Waals surface area contributed by atoms with Gasteiger partial charge in [0.2, 0.25) is 0 Å². The molecular formula is C21H27N5. The standard InChI is InChI=1S/C21H27N5/c1-5-25(14-21-11-22-18(4)23-12-21)13-19-7-6-8-20(10-19)15-26-17(3)9-16(2)24-26/h6-12H,5,13-15H2,1-4H3. The monoisotopic (exact) mass is 349 g/mol. The smallest absolute Gasteiger partial charge is 0.125 e. The van der Waals surface area contributed by atoms with E-state index in [1.54, 1.807) is 0 Å². The number of hydrogen-bond acceptors (Lipinski definition) is 4. The van der Waals surface area contributed by atoms with Crippen molar-refractivity contribution in [2.24, 2.45) is 0 Å². The molecule has 5 nitrogen and oxygen atoms in total. The van der Waals surface area contributed by atoms with E-state index in [0.29, 0.717) is 0 Å². The van der Waals surface area contributed by atoms with E-state index in [2.05, 4.69) is 68.8 Å². The molecule has 2 heterocycles. The van der Waals surface area contributed by atoms with Crippen molar-refractivity contribution >= 4 is 0 Å². The summed E-state index contributed by atoms with van der Waals surface area (Å²) in [6.07, 6.45) is 3.84. The first kappa shape index (κ1) is 18.3. The molecule has 0 aliphatic carbocycles. The molecule has 0 radical (unpaired) electrons. The molecule has 2 aromatic heterocycles. The Bertz CT molecular complexity index is 851. The summed E-state index contributed by atoms with van der Waals surface area (Å²) >= 11 is 0. The lowest BCUT2D eigenvalue weighted by molar-refractivity contribution is 0.270. The van der Waals surface area contributed by atoms with Crippen molar-refractivity contribution in [1.29, 1.82) is 0 Å². The summed E-state index contributed by atoms with van der Waals surface area (Å²) in [5.74, 6) is 0.814. The summed E-state index contributed by atoms with van der Waals surface area (Å²) in [4.78, 5) is 11.0. The Labute approximate surface area is 155 Å². The lowest BCUT2D eigenvalue weighted by Crippen LogP contribution is -2.22. The van der Waals surface area contributed by atoms with Crippen molar-refractivity contribution in [1.82, 2.24) is 24.6 Å². The molecule has 0 atom stereocenters. The minimum Gasteiger partial charge on any atom is -0.295 e. The average Bonchev–Trinajstić information content (AvgIpc) is 2.93. The molecular weight excluding hydrogens is 322 g/mol. The predicted molar refractivity (Wildman–Crippen MR) is 104 cm³/mol. The summed E-state index contributed by atoms with van der Waals surface area (Å²) in [6.45, 7) is 11.8. The van der Waals surface area contributed by atoms with Crippen molar-refractivity contribution in [2.75, 3.05) is 6.54 Å². The third kappa shape index (κ3) is 4.76. The molecule has 0 unspecified atom stereocenters. The highest BCUT2D eigenvalue weighted by Gasteiger charge is 2.08. The van der Waals surface area contributed by atoms with Crippen LogP contribution in [0, 0.1) is 20.8 Å². The fourth-order valence-corrected chi connectivity index (χ4v) is 3.13. The molecule has 3 rings (SSSR count). The Morgan fingerprint density at radius 3 is 2.27 bits per heavy atom. The summed E-state index contributed by atoms with van der Waals surface area (Å²) in [5.41, 5.74) is 6.01. The summed E-state index contributed by atoms with van der Waals surface area (Å²) in [6, 6.07) is 10.9. The van der Waals surface area contributed by atoms with Gasteiger partial charge in [-0.25, -0.2) is 9.97 Å². The second kappa shape index (κ2) is 8.23. The minimum absolute atomic E-state index is 0.811. The molecule has 5 heteroatoms. The molecule has 0 aliphatic heterocycles. The van der Waals surface area contributed by atoms with Gasteiger partial charge in [-0.3, -0.25) is 9.58 Å². The number of rotatable bonds is 7. The van der Waals surface area contributed by atoms with E-state index in [-0.39, 0.29) is 0 Å². The van der Waals surface area contributed by atoms with Crippen LogP contribution in [0.25, 0.3) is 0 Å². The van der Waals surface area contributed by atoms with Crippen molar-refractivity contribution in [3.63, 3.8) is 0 Å². The Morgan fingerprint density at radius 1 is 0.923 bits per heavy atom. The topological polar surface area (TPSA) is 46.8 Å². The first-order chi connectivity index (χ1) is 12.5. The highest BCUT2D eigenvalue weighted by molar-refractivity contribution is 5.24. The maximum absolute atomic E-state index is 4.57. The fourth-order valence-electron chi connectivity index (χ4n) is 3.13. The highest BCUT2D eigenvalue weighted by Crippen LogP contribution is 2.13. The van der Waals surface area contributed by atoms with Crippen molar-refractivity contribution in [2.45, 2.75) is 47.3 Å². The van der Waals surface area contributed by atoms with Crippen LogP contribution in [0.5, 0.6) is 0 Å². The normalized spacial score (nSPS) is 11.3. The molecule has 0 saturated heterocycles. The number of aryl methyl sites for hydroxylation is 3. The zero-order chi connectivity index (χ0) is 18.5. The highest BCUT2D eigenvalue weighted by atomic mass is 15.3. The molecule has 0 fully saturated rings. The molecule has 0 saturated carbocycles. The lowest BCUT2D eigenvalue weighted by Gasteiger charge is -2.20. The quantitative estimate of drug-likeness (QED) is 0.653. The summed E-state index contributed by atoms with van der Waals surface area (Å²) in [7, 11) is 0. The molecule has 26 heavy (non-hydrogen) atoms. The lowest BCUT2D eigenvalue weighted by atomic mass is 10.1. The van der Waals surface area contributed by atoms with E-state index in [9.17, 15) is 0 Å². The van der Waals surface area contributed by atoms with E-state index in [4.69, 9.17) is 0 Å². The van der Waals surface area contributed by atoms with Gasteiger partial charge in [-0.05, 0) is 44.5 Å². The van der Waals surface area contributed by atoms with Crippen molar-refractivity contribution < 1.29 is 0 Å². The zero-order valence-corrected chi connectivity index (χ0v) is 16.1. The molecule has 0 N–H and O–H groups in total. The van der Waals surface area contributed by atoms with Crippen LogP contribution >= 0.6 is 0 Å². The molecule has 3 aromatic rings. The van der Waals surface area contributed by atoms with Crippen molar-refractivity contribution in [3.05, 3.63) is 76.6 Å². The number of aromatic nitrogens is 4. The van der Waals surface area contributed by atoms with Gasteiger partial charge in [0.15, 0.2) is 0 Å². The van der Waals surface area contributed by atoms with Gasteiger partial charge in [-0.1, -0.05) is 31.2 Å². The SMILES string of the molecule is CCN(Cc1cnc(C)nc1)Cc1cccc(Cn2nc(C)cc2C)c1. The minimum atomic E-state index is 0.811. The Morgan fingerprint density at radius 2 is 1.62 bits per heavy atom. The Balaban J connectivity index is 1.68. The van der Waals surface area contributed by atoms with Gasteiger partial charge in [0.1, 0.15) is 5.82 Å². The largest absolute Gasteiger partial charge is 0.295 e. The van der Waals surface area contributed by atoms with Crippen LogP contribution in [-0.2, 0) is 19.6 Å². The fraction of sp³-hybridized carbons (Fsp3) is 0.381. The first-order valence-corrected chi connectivity index (χ1v) is 9.12. The van der Waals surface area contributed by atoms with E-state index >= 15 is 0 Å². The third-order valence-corrected chi connectivity index (χ3v) is 4.52. The van der Waals surface area contributed by atoms with Gasteiger partial charge in [-0.2, -0.15) is 5.10 Å².